The van der Waals surface area contributed by atoms with Crippen LogP contribution in [0.5, 0.6) is 0 Å². The summed E-state index contributed by atoms with van der Waals surface area (Å²) in [5.74, 6) is -1.53. The molecule has 8 heteroatoms. The second-order valence-corrected chi connectivity index (χ2v) is 4.25. The van der Waals surface area contributed by atoms with Crippen LogP contribution in [-0.4, -0.2) is 23.5 Å². The van der Waals surface area contributed by atoms with E-state index in [2.05, 4.69) is 5.32 Å². The molecule has 0 saturated carbocycles. The van der Waals surface area contributed by atoms with E-state index in [1.54, 1.807) is 0 Å². The van der Waals surface area contributed by atoms with Gasteiger partial charge in [-0.3, -0.25) is 9.59 Å². The molecule has 0 aromatic rings. The van der Waals surface area contributed by atoms with Gasteiger partial charge in [-0.1, -0.05) is 0 Å². The molecule has 1 aliphatic rings. The van der Waals surface area contributed by atoms with Crippen LogP contribution in [0.4, 0.5) is 13.2 Å². The first-order valence-electron chi connectivity index (χ1n) is 5.50. The van der Waals surface area contributed by atoms with E-state index in [1.807, 2.05) is 0 Å². The Bertz CT molecular complexity index is 443. The molecule has 1 heterocycles. The Morgan fingerprint density at radius 2 is 1.95 bits per heavy atom. The van der Waals surface area contributed by atoms with E-state index in [0.717, 1.165) is 0 Å². The summed E-state index contributed by atoms with van der Waals surface area (Å²) in [6, 6.07) is 0. The van der Waals surface area contributed by atoms with Crippen molar-refractivity contribution in [3.05, 3.63) is 23.9 Å². The van der Waals surface area contributed by atoms with Gasteiger partial charge in [0.15, 0.2) is 0 Å². The average Bonchev–Trinajstić information content (AvgIpc) is 2.27. The standard InChI is InChI=1S/C11H14F3N3O2/c12-11(13,14)4-1-3-10(9(16)19)5-2-7(6-17-10)8(15)18/h2,5-6,17H,1,3-4H2,(H2,15,18)(H2,16,19). The fourth-order valence-corrected chi connectivity index (χ4v) is 1.69. The van der Waals surface area contributed by atoms with Gasteiger partial charge in [0, 0.05) is 12.6 Å². The molecule has 0 fully saturated rings. The van der Waals surface area contributed by atoms with Gasteiger partial charge >= 0.3 is 6.18 Å². The first-order chi connectivity index (χ1) is 8.66. The highest BCUT2D eigenvalue weighted by molar-refractivity contribution is 5.96. The predicted octanol–water partition coefficient (Wildman–Crippen LogP) is 0.472. The Labute approximate surface area is 107 Å². The van der Waals surface area contributed by atoms with E-state index in [4.69, 9.17) is 11.5 Å². The number of halogens is 3. The van der Waals surface area contributed by atoms with Crippen molar-refractivity contribution in [3.8, 4) is 0 Å². The number of carbonyl (C=O) groups is 2. The zero-order chi connectivity index (χ0) is 14.7. The number of nitrogens with one attached hydrogen (secondary N) is 1. The normalized spacial score (nSPS) is 22.6. The maximum Gasteiger partial charge on any atom is 0.389 e. The minimum absolute atomic E-state index is 0.118. The molecular formula is C11H14F3N3O2. The van der Waals surface area contributed by atoms with Crippen LogP contribution in [0.15, 0.2) is 23.9 Å². The highest BCUT2D eigenvalue weighted by Crippen LogP contribution is 2.27. The van der Waals surface area contributed by atoms with Crippen molar-refractivity contribution in [1.82, 2.24) is 5.32 Å². The van der Waals surface area contributed by atoms with Crippen molar-refractivity contribution < 1.29 is 22.8 Å². The summed E-state index contributed by atoms with van der Waals surface area (Å²) in [6.45, 7) is 0. The quantitative estimate of drug-likeness (QED) is 0.681. The van der Waals surface area contributed by atoms with Gasteiger partial charge in [0.1, 0.15) is 5.54 Å². The van der Waals surface area contributed by atoms with Crippen LogP contribution in [0.1, 0.15) is 19.3 Å². The Morgan fingerprint density at radius 1 is 1.32 bits per heavy atom. The molecule has 1 aliphatic heterocycles. The number of amides is 2. The smallest absolute Gasteiger partial charge is 0.373 e. The van der Waals surface area contributed by atoms with Gasteiger partial charge in [-0.05, 0) is 25.0 Å². The summed E-state index contributed by atoms with van der Waals surface area (Å²) in [4.78, 5) is 22.3. The number of primary amides is 2. The van der Waals surface area contributed by atoms with Gasteiger partial charge in [0.25, 0.3) is 0 Å². The van der Waals surface area contributed by atoms with Crippen LogP contribution >= 0.6 is 0 Å². The molecule has 0 aromatic carbocycles. The molecule has 0 bridgehead atoms. The molecule has 2 amide bonds. The number of dihydropyridines is 1. The highest BCUT2D eigenvalue weighted by atomic mass is 19.4. The SMILES string of the molecule is NC(=O)C1=CNC(CCCC(F)(F)F)(C(N)=O)C=C1. The van der Waals surface area contributed by atoms with Gasteiger partial charge < -0.3 is 16.8 Å². The third-order valence-electron chi connectivity index (χ3n) is 2.79. The first kappa shape index (κ1) is 15.1. The Morgan fingerprint density at radius 3 is 2.32 bits per heavy atom. The molecule has 0 spiro atoms. The fraction of sp³-hybridized carbons (Fsp3) is 0.455. The average molecular weight is 277 g/mol. The molecule has 0 radical (unpaired) electrons. The van der Waals surface area contributed by atoms with Gasteiger partial charge in [-0.15, -0.1) is 0 Å². The minimum atomic E-state index is -4.29. The molecule has 1 rings (SSSR count). The molecular weight excluding hydrogens is 263 g/mol. The second-order valence-electron chi connectivity index (χ2n) is 4.25. The zero-order valence-electron chi connectivity index (χ0n) is 9.96. The van der Waals surface area contributed by atoms with Crippen LogP contribution in [0.3, 0.4) is 0 Å². The summed E-state index contributed by atoms with van der Waals surface area (Å²) >= 11 is 0. The van der Waals surface area contributed by atoms with Crippen LogP contribution < -0.4 is 16.8 Å². The van der Waals surface area contributed by atoms with Gasteiger partial charge in [-0.25, -0.2) is 0 Å². The molecule has 0 saturated heterocycles. The number of nitrogens with two attached hydrogens (primary N) is 2. The second kappa shape index (κ2) is 5.33. The Hall–Kier alpha value is -1.99. The zero-order valence-corrected chi connectivity index (χ0v) is 9.96. The van der Waals surface area contributed by atoms with Crippen LogP contribution in [-0.2, 0) is 9.59 Å². The van der Waals surface area contributed by atoms with E-state index >= 15 is 0 Å². The van der Waals surface area contributed by atoms with E-state index in [9.17, 15) is 22.8 Å². The van der Waals surface area contributed by atoms with Crippen molar-refractivity contribution in [2.75, 3.05) is 0 Å². The number of hydrogen-bond donors (Lipinski definition) is 3. The van der Waals surface area contributed by atoms with Crippen molar-refractivity contribution in [2.24, 2.45) is 11.5 Å². The first-order valence-corrected chi connectivity index (χ1v) is 5.50. The maximum atomic E-state index is 12.1. The van der Waals surface area contributed by atoms with Crippen LogP contribution in [0.2, 0.25) is 0 Å². The number of rotatable bonds is 5. The van der Waals surface area contributed by atoms with Crippen LogP contribution in [0.25, 0.3) is 0 Å². The maximum absolute atomic E-state index is 12.1. The molecule has 106 valence electrons. The molecule has 0 aromatic heterocycles. The monoisotopic (exact) mass is 277 g/mol. The van der Waals surface area contributed by atoms with E-state index in [-0.39, 0.29) is 18.4 Å². The summed E-state index contributed by atoms with van der Waals surface area (Å²) < 4.78 is 36.2. The lowest BCUT2D eigenvalue weighted by Gasteiger charge is -2.30. The third-order valence-corrected chi connectivity index (χ3v) is 2.79. The van der Waals surface area contributed by atoms with Crippen LogP contribution in [0, 0.1) is 0 Å². The fourth-order valence-electron chi connectivity index (χ4n) is 1.69. The molecule has 1 atom stereocenters. The molecule has 19 heavy (non-hydrogen) atoms. The predicted molar refractivity (Wildman–Crippen MR) is 61.4 cm³/mol. The van der Waals surface area contributed by atoms with Gasteiger partial charge in [0.2, 0.25) is 11.8 Å². The molecule has 1 unspecified atom stereocenters. The highest BCUT2D eigenvalue weighted by Gasteiger charge is 2.36. The largest absolute Gasteiger partial charge is 0.389 e. The van der Waals surface area contributed by atoms with Crippen molar-refractivity contribution in [2.45, 2.75) is 31.0 Å². The lowest BCUT2D eigenvalue weighted by atomic mass is 9.88. The number of alkyl halides is 3. The Balaban J connectivity index is 2.72. The van der Waals surface area contributed by atoms with Gasteiger partial charge in [0.05, 0.1) is 5.57 Å². The Kier molecular flexibility index (Phi) is 4.23. The topological polar surface area (TPSA) is 98.2 Å². The number of carbonyl (C=O) groups excluding carboxylic acids is 2. The lowest BCUT2D eigenvalue weighted by molar-refractivity contribution is -0.137. The van der Waals surface area contributed by atoms with Crippen molar-refractivity contribution >= 4 is 11.8 Å². The molecule has 0 aliphatic carbocycles. The number of hydrogen-bond acceptors (Lipinski definition) is 3. The molecule has 5 N–H and O–H groups in total. The summed E-state index contributed by atoms with van der Waals surface area (Å²) in [5, 5.41) is 2.56. The summed E-state index contributed by atoms with van der Waals surface area (Å²) in [7, 11) is 0. The van der Waals surface area contributed by atoms with Gasteiger partial charge in [-0.2, -0.15) is 13.2 Å². The van der Waals surface area contributed by atoms with Crippen molar-refractivity contribution in [3.63, 3.8) is 0 Å². The molecule has 5 nitrogen and oxygen atoms in total. The summed E-state index contributed by atoms with van der Waals surface area (Å²) in [5.41, 5.74) is 8.93. The third kappa shape index (κ3) is 4.01. The summed E-state index contributed by atoms with van der Waals surface area (Å²) in [6.07, 6.45) is -1.95. The van der Waals surface area contributed by atoms with E-state index in [0.29, 0.717) is 0 Å². The van der Waals surface area contributed by atoms with E-state index < -0.39 is 30.0 Å². The lowest BCUT2D eigenvalue weighted by Crippen LogP contribution is -2.53. The minimum Gasteiger partial charge on any atom is -0.373 e. The van der Waals surface area contributed by atoms with Crippen molar-refractivity contribution in [1.29, 1.82) is 0 Å². The van der Waals surface area contributed by atoms with E-state index in [1.165, 1.54) is 18.4 Å².